The zero-order valence-electron chi connectivity index (χ0n) is 11.5. The van der Waals surface area contributed by atoms with Crippen LogP contribution in [0.2, 0.25) is 0 Å². The van der Waals surface area contributed by atoms with Gasteiger partial charge in [-0.05, 0) is 37.2 Å². The predicted molar refractivity (Wildman–Crippen MR) is 78.0 cm³/mol. The van der Waals surface area contributed by atoms with Crippen LogP contribution in [-0.2, 0) is 21.2 Å². The summed E-state index contributed by atoms with van der Waals surface area (Å²) in [7, 11) is -3.21. The van der Waals surface area contributed by atoms with Crippen molar-refractivity contribution in [2.75, 3.05) is 19.0 Å². The second-order valence-corrected chi connectivity index (χ2v) is 7.82. The first-order valence-electron chi connectivity index (χ1n) is 7.20. The van der Waals surface area contributed by atoms with Gasteiger partial charge in [-0.2, -0.15) is 0 Å². The van der Waals surface area contributed by atoms with Gasteiger partial charge in [-0.3, -0.25) is 0 Å². The molecule has 1 saturated heterocycles. The molecule has 0 aromatic heterocycles. The topological polar surface area (TPSA) is 55.4 Å². The Morgan fingerprint density at radius 1 is 1.25 bits per heavy atom. The third-order valence-corrected chi connectivity index (χ3v) is 5.74. The first-order chi connectivity index (χ1) is 9.57. The minimum atomic E-state index is -3.21. The zero-order chi connectivity index (χ0) is 14.1. The summed E-state index contributed by atoms with van der Waals surface area (Å²) < 4.78 is 32.7. The van der Waals surface area contributed by atoms with Crippen LogP contribution in [0.3, 0.4) is 0 Å². The summed E-state index contributed by atoms with van der Waals surface area (Å²) in [5.41, 5.74) is 0.955. The van der Waals surface area contributed by atoms with E-state index in [1.165, 1.54) is 5.56 Å². The molecule has 5 heteroatoms. The van der Waals surface area contributed by atoms with Crippen molar-refractivity contribution in [1.82, 2.24) is 4.72 Å². The van der Waals surface area contributed by atoms with Gasteiger partial charge in [0.25, 0.3) is 0 Å². The Balaban J connectivity index is 1.61. The monoisotopic (exact) mass is 295 g/mol. The minimum Gasteiger partial charge on any atom is -0.381 e. The number of hydrogen-bond donors (Lipinski definition) is 1. The van der Waals surface area contributed by atoms with Crippen molar-refractivity contribution in [2.45, 2.75) is 31.2 Å². The highest BCUT2D eigenvalue weighted by molar-refractivity contribution is 7.89. The smallest absolute Gasteiger partial charge is 0.212 e. The van der Waals surface area contributed by atoms with E-state index in [4.69, 9.17) is 4.74 Å². The van der Waals surface area contributed by atoms with Gasteiger partial charge in [0.05, 0.1) is 12.4 Å². The third kappa shape index (κ3) is 3.59. The normalized spacial score (nSPS) is 24.7. The number of nitrogens with one attached hydrogen (secondary N) is 1. The number of benzene rings is 1. The van der Waals surface area contributed by atoms with E-state index in [0.717, 1.165) is 25.7 Å². The largest absolute Gasteiger partial charge is 0.381 e. The molecule has 1 aliphatic heterocycles. The fourth-order valence-corrected chi connectivity index (χ4v) is 4.75. The molecule has 1 atom stereocenters. The molecule has 1 aromatic carbocycles. The van der Waals surface area contributed by atoms with Gasteiger partial charge in [-0.25, -0.2) is 13.1 Å². The summed E-state index contributed by atoms with van der Waals surface area (Å²) in [6.07, 6.45) is 3.51. The number of sulfonamides is 1. The molecule has 1 N–H and O–H groups in total. The first kappa shape index (κ1) is 14.0. The molecule has 0 radical (unpaired) electrons. The summed E-state index contributed by atoms with van der Waals surface area (Å²) in [5.74, 6) is 0.351. The van der Waals surface area contributed by atoms with Crippen LogP contribution >= 0.6 is 0 Å². The molecule has 1 aliphatic carbocycles. The molecule has 4 nitrogen and oxygen atoms in total. The number of ether oxygens (including phenoxy) is 1. The Hall–Kier alpha value is -0.910. The van der Waals surface area contributed by atoms with E-state index in [1.807, 2.05) is 18.2 Å². The SMILES string of the molecule is O=S(=O)(CC1CCOC1)NC1(Cc2ccccc2)CC1. The lowest BCUT2D eigenvalue weighted by molar-refractivity contribution is 0.188. The highest BCUT2D eigenvalue weighted by Gasteiger charge is 2.45. The summed E-state index contributed by atoms with van der Waals surface area (Å²) in [4.78, 5) is 0. The molecule has 1 saturated carbocycles. The first-order valence-corrected chi connectivity index (χ1v) is 8.86. The molecule has 3 rings (SSSR count). The Morgan fingerprint density at radius 3 is 2.60 bits per heavy atom. The van der Waals surface area contributed by atoms with Crippen LogP contribution in [0, 0.1) is 5.92 Å². The van der Waals surface area contributed by atoms with Crippen molar-refractivity contribution in [3.8, 4) is 0 Å². The van der Waals surface area contributed by atoms with Crippen molar-refractivity contribution in [3.05, 3.63) is 35.9 Å². The molecule has 2 aliphatic rings. The van der Waals surface area contributed by atoms with Crippen LogP contribution in [-0.4, -0.2) is 32.9 Å². The van der Waals surface area contributed by atoms with Crippen molar-refractivity contribution in [1.29, 1.82) is 0 Å². The Labute approximate surface area is 120 Å². The maximum atomic E-state index is 12.3. The molecule has 0 bridgehead atoms. The minimum absolute atomic E-state index is 0.153. The maximum Gasteiger partial charge on any atom is 0.212 e. The van der Waals surface area contributed by atoms with E-state index >= 15 is 0 Å². The Bertz CT molecular complexity index is 546. The van der Waals surface area contributed by atoms with Gasteiger partial charge < -0.3 is 4.74 Å². The van der Waals surface area contributed by atoms with Gasteiger partial charge in [-0.15, -0.1) is 0 Å². The van der Waals surface area contributed by atoms with Crippen LogP contribution in [0.15, 0.2) is 30.3 Å². The second-order valence-electron chi connectivity index (χ2n) is 6.06. The van der Waals surface area contributed by atoms with Crippen molar-refractivity contribution in [2.24, 2.45) is 5.92 Å². The van der Waals surface area contributed by atoms with Gasteiger partial charge in [0, 0.05) is 12.1 Å². The number of rotatable bonds is 6. The van der Waals surface area contributed by atoms with E-state index in [1.54, 1.807) is 0 Å². The molecule has 20 heavy (non-hydrogen) atoms. The van der Waals surface area contributed by atoms with Crippen LogP contribution < -0.4 is 4.72 Å². The highest BCUT2D eigenvalue weighted by atomic mass is 32.2. The maximum absolute atomic E-state index is 12.3. The molecule has 1 heterocycles. The highest BCUT2D eigenvalue weighted by Crippen LogP contribution is 2.39. The third-order valence-electron chi connectivity index (χ3n) is 4.09. The van der Waals surface area contributed by atoms with Gasteiger partial charge >= 0.3 is 0 Å². The molecule has 110 valence electrons. The lowest BCUT2D eigenvalue weighted by Crippen LogP contribution is -2.41. The van der Waals surface area contributed by atoms with Gasteiger partial charge in [0.2, 0.25) is 10.0 Å². The second kappa shape index (κ2) is 5.47. The summed E-state index contributed by atoms with van der Waals surface area (Å²) in [6.45, 7) is 1.27. The fraction of sp³-hybridized carbons (Fsp3) is 0.600. The summed E-state index contributed by atoms with van der Waals surface area (Å²) in [5, 5.41) is 0. The molecular weight excluding hydrogens is 274 g/mol. The quantitative estimate of drug-likeness (QED) is 0.869. The standard InChI is InChI=1S/C15H21NO3S/c17-20(18,12-14-6-9-19-11-14)16-15(7-8-15)10-13-4-2-1-3-5-13/h1-5,14,16H,6-12H2. The molecule has 0 amide bonds. The van der Waals surface area contributed by atoms with Crippen LogP contribution in [0.1, 0.15) is 24.8 Å². The Morgan fingerprint density at radius 2 is 2.00 bits per heavy atom. The summed E-state index contributed by atoms with van der Waals surface area (Å²) in [6, 6.07) is 10.1. The fourth-order valence-electron chi connectivity index (χ4n) is 2.85. The summed E-state index contributed by atoms with van der Waals surface area (Å²) >= 11 is 0. The molecule has 1 aromatic rings. The number of hydrogen-bond acceptors (Lipinski definition) is 3. The molecule has 1 unspecified atom stereocenters. The van der Waals surface area contributed by atoms with E-state index in [0.29, 0.717) is 13.2 Å². The molecular formula is C15H21NO3S. The van der Waals surface area contributed by atoms with E-state index < -0.39 is 10.0 Å². The van der Waals surface area contributed by atoms with E-state index in [9.17, 15) is 8.42 Å². The van der Waals surface area contributed by atoms with E-state index in [2.05, 4.69) is 16.9 Å². The zero-order valence-corrected chi connectivity index (χ0v) is 12.4. The predicted octanol–water partition coefficient (Wildman–Crippen LogP) is 1.72. The molecule has 0 spiro atoms. The van der Waals surface area contributed by atoms with Gasteiger partial charge in [0.15, 0.2) is 0 Å². The van der Waals surface area contributed by atoms with Crippen LogP contribution in [0.4, 0.5) is 0 Å². The average Bonchev–Trinajstić information content (AvgIpc) is 2.94. The lowest BCUT2D eigenvalue weighted by atomic mass is 10.1. The van der Waals surface area contributed by atoms with E-state index in [-0.39, 0.29) is 17.2 Å². The van der Waals surface area contributed by atoms with Gasteiger partial charge in [-0.1, -0.05) is 30.3 Å². The van der Waals surface area contributed by atoms with Crippen molar-refractivity contribution < 1.29 is 13.2 Å². The van der Waals surface area contributed by atoms with Crippen molar-refractivity contribution in [3.63, 3.8) is 0 Å². The average molecular weight is 295 g/mol. The van der Waals surface area contributed by atoms with Gasteiger partial charge in [0.1, 0.15) is 0 Å². The van der Waals surface area contributed by atoms with Crippen molar-refractivity contribution >= 4 is 10.0 Å². The van der Waals surface area contributed by atoms with Crippen LogP contribution in [0.5, 0.6) is 0 Å². The Kier molecular flexibility index (Phi) is 3.84. The lowest BCUT2D eigenvalue weighted by Gasteiger charge is -2.19. The molecule has 2 fully saturated rings. The van der Waals surface area contributed by atoms with Crippen LogP contribution in [0.25, 0.3) is 0 Å².